The molecule has 0 saturated carbocycles. The van der Waals surface area contributed by atoms with E-state index in [0.717, 1.165) is 11.0 Å². The molecular weight excluding hydrogens is 285 g/mol. The topological polar surface area (TPSA) is 93.4 Å². The fraction of sp³-hybridized carbons (Fsp3) is 0.333. The number of aromatic nitrogens is 1. The number of halogens is 2. The van der Waals surface area contributed by atoms with Gasteiger partial charge in [0.25, 0.3) is 0 Å². The van der Waals surface area contributed by atoms with E-state index >= 15 is 0 Å². The minimum atomic E-state index is -3.84. The monoisotopic (exact) mass is 293 g/mol. The Morgan fingerprint density at radius 3 is 2.72 bits per heavy atom. The van der Waals surface area contributed by atoms with Gasteiger partial charge >= 0.3 is 0 Å². The van der Waals surface area contributed by atoms with Crippen LogP contribution < -0.4 is 10.0 Å². The van der Waals surface area contributed by atoms with Crippen LogP contribution in [-0.4, -0.2) is 31.1 Å². The van der Waals surface area contributed by atoms with E-state index in [1.54, 1.807) is 0 Å². The van der Waals surface area contributed by atoms with Crippen LogP contribution in [0.15, 0.2) is 12.3 Å². The fourth-order valence-electron chi connectivity index (χ4n) is 1.71. The molecule has 2 rings (SSSR count). The van der Waals surface area contributed by atoms with Crippen molar-refractivity contribution in [2.75, 3.05) is 11.4 Å². The maximum Gasteiger partial charge on any atom is 0.229 e. The number of hydrogen-bond acceptors (Lipinski definition) is 4. The van der Waals surface area contributed by atoms with E-state index in [-0.39, 0.29) is 23.8 Å². The van der Waals surface area contributed by atoms with Crippen LogP contribution in [0.4, 0.5) is 10.2 Å². The maximum atomic E-state index is 13.6. The number of primary sulfonamides is 1. The Morgan fingerprint density at radius 2 is 2.22 bits per heavy atom. The molecule has 6 nitrogen and oxygen atoms in total. The molecular formula is C9H9ClFN3O3S. The number of sulfonamides is 1. The van der Waals surface area contributed by atoms with Crippen LogP contribution in [0.2, 0.25) is 5.02 Å². The molecule has 0 bridgehead atoms. The molecule has 1 amide bonds. The molecule has 1 aliphatic rings. The van der Waals surface area contributed by atoms with Crippen molar-refractivity contribution in [3.05, 3.63) is 23.1 Å². The maximum absolute atomic E-state index is 13.6. The molecule has 0 radical (unpaired) electrons. The molecule has 98 valence electrons. The van der Waals surface area contributed by atoms with Crippen molar-refractivity contribution in [3.63, 3.8) is 0 Å². The van der Waals surface area contributed by atoms with Gasteiger partial charge < -0.3 is 0 Å². The average molecular weight is 294 g/mol. The van der Waals surface area contributed by atoms with E-state index in [1.165, 1.54) is 6.20 Å². The third kappa shape index (κ3) is 2.45. The Bertz CT molecular complexity index is 607. The summed E-state index contributed by atoms with van der Waals surface area (Å²) < 4.78 is 35.9. The quantitative estimate of drug-likeness (QED) is 0.847. The van der Waals surface area contributed by atoms with Crippen molar-refractivity contribution in [1.82, 2.24) is 4.98 Å². The number of nitrogens with zero attached hydrogens (tertiary/aromatic N) is 2. The van der Waals surface area contributed by atoms with Crippen LogP contribution in [0.25, 0.3) is 0 Å². The molecule has 2 N–H and O–H groups in total. The zero-order chi connectivity index (χ0) is 13.5. The highest BCUT2D eigenvalue weighted by atomic mass is 35.5. The summed E-state index contributed by atoms with van der Waals surface area (Å²) in [5.41, 5.74) is 0. The molecule has 2 heterocycles. The van der Waals surface area contributed by atoms with Gasteiger partial charge in [-0.15, -0.1) is 0 Å². The summed E-state index contributed by atoms with van der Waals surface area (Å²) in [6.07, 6.45) is 0.903. The predicted molar refractivity (Wildman–Crippen MR) is 63.1 cm³/mol. The number of hydrogen-bond donors (Lipinski definition) is 1. The highest BCUT2D eigenvalue weighted by Gasteiger charge is 2.38. The normalized spacial score (nSPS) is 20.5. The SMILES string of the molecule is NS(=O)(=O)C1CC(=O)N(c2ncc(Cl)cc2F)C1. The highest BCUT2D eigenvalue weighted by Crippen LogP contribution is 2.26. The van der Waals surface area contributed by atoms with Gasteiger partial charge in [0.05, 0.1) is 5.02 Å². The smallest absolute Gasteiger partial charge is 0.229 e. The van der Waals surface area contributed by atoms with Crippen molar-refractivity contribution in [3.8, 4) is 0 Å². The van der Waals surface area contributed by atoms with E-state index in [9.17, 15) is 17.6 Å². The summed E-state index contributed by atoms with van der Waals surface area (Å²) in [4.78, 5) is 16.3. The van der Waals surface area contributed by atoms with Crippen LogP contribution in [0.5, 0.6) is 0 Å². The van der Waals surface area contributed by atoms with Gasteiger partial charge in [-0.1, -0.05) is 11.6 Å². The lowest BCUT2D eigenvalue weighted by Crippen LogP contribution is -2.32. The first-order valence-corrected chi connectivity index (χ1v) is 6.91. The first-order valence-electron chi connectivity index (χ1n) is 4.92. The van der Waals surface area contributed by atoms with Crippen molar-refractivity contribution < 1.29 is 17.6 Å². The second-order valence-electron chi connectivity index (χ2n) is 3.88. The Morgan fingerprint density at radius 1 is 1.56 bits per heavy atom. The number of carbonyl (C=O) groups excluding carboxylic acids is 1. The number of nitrogens with two attached hydrogens (primary N) is 1. The van der Waals surface area contributed by atoms with Crippen molar-refractivity contribution in [2.45, 2.75) is 11.7 Å². The number of pyridine rings is 1. The molecule has 9 heteroatoms. The molecule has 18 heavy (non-hydrogen) atoms. The van der Waals surface area contributed by atoms with E-state index in [2.05, 4.69) is 4.98 Å². The fourth-order valence-corrected chi connectivity index (χ4v) is 2.58. The first kappa shape index (κ1) is 13.2. The van der Waals surface area contributed by atoms with Crippen LogP contribution in [0.1, 0.15) is 6.42 Å². The average Bonchev–Trinajstić information content (AvgIpc) is 2.60. The zero-order valence-corrected chi connectivity index (χ0v) is 10.6. The number of amides is 1. The van der Waals surface area contributed by atoms with Gasteiger partial charge in [0.1, 0.15) is 5.25 Å². The second-order valence-corrected chi connectivity index (χ2v) is 6.16. The van der Waals surface area contributed by atoms with Gasteiger partial charge in [0.15, 0.2) is 11.6 Å². The molecule has 0 aliphatic carbocycles. The standard InChI is InChI=1S/C9H9ClFN3O3S/c10-5-1-7(11)9(13-3-5)14-4-6(2-8(14)15)18(12,16)17/h1,3,6H,2,4H2,(H2,12,16,17). The molecule has 1 atom stereocenters. The van der Waals surface area contributed by atoms with Crippen molar-refractivity contribution in [1.29, 1.82) is 0 Å². The van der Waals surface area contributed by atoms with E-state index in [4.69, 9.17) is 16.7 Å². The molecule has 1 aromatic rings. The largest absolute Gasteiger partial charge is 0.293 e. The Labute approximate surface area is 108 Å². The lowest BCUT2D eigenvalue weighted by Gasteiger charge is -2.15. The van der Waals surface area contributed by atoms with Gasteiger partial charge in [0.2, 0.25) is 15.9 Å². The molecule has 1 fully saturated rings. The van der Waals surface area contributed by atoms with E-state index in [0.29, 0.717) is 0 Å². The van der Waals surface area contributed by atoms with Crippen molar-refractivity contribution >= 4 is 33.3 Å². The van der Waals surface area contributed by atoms with Crippen LogP contribution >= 0.6 is 11.6 Å². The predicted octanol–water partition coefficient (Wildman–Crippen LogP) is 0.268. The molecule has 1 aromatic heterocycles. The lowest BCUT2D eigenvalue weighted by atomic mass is 10.4. The van der Waals surface area contributed by atoms with Gasteiger partial charge in [-0.2, -0.15) is 0 Å². The third-order valence-corrected chi connectivity index (χ3v) is 4.05. The summed E-state index contributed by atoms with van der Waals surface area (Å²) in [7, 11) is -3.84. The minimum Gasteiger partial charge on any atom is -0.293 e. The minimum absolute atomic E-state index is 0.0888. The van der Waals surface area contributed by atoms with Gasteiger partial charge in [0, 0.05) is 19.2 Å². The van der Waals surface area contributed by atoms with E-state index in [1.807, 2.05) is 0 Å². The molecule has 1 saturated heterocycles. The number of anilines is 1. The summed E-state index contributed by atoms with van der Waals surface area (Å²) in [5, 5.41) is 4.01. The number of rotatable bonds is 2. The molecule has 1 unspecified atom stereocenters. The van der Waals surface area contributed by atoms with Crippen molar-refractivity contribution in [2.24, 2.45) is 5.14 Å². The third-order valence-electron chi connectivity index (χ3n) is 2.60. The van der Waals surface area contributed by atoms with E-state index < -0.39 is 27.0 Å². The molecule has 1 aliphatic heterocycles. The van der Waals surface area contributed by atoms with Crippen LogP contribution in [-0.2, 0) is 14.8 Å². The Balaban J connectivity index is 2.33. The lowest BCUT2D eigenvalue weighted by molar-refractivity contribution is -0.117. The summed E-state index contributed by atoms with van der Waals surface area (Å²) in [5.74, 6) is -1.57. The van der Waals surface area contributed by atoms with Gasteiger partial charge in [-0.25, -0.2) is 22.9 Å². The summed E-state index contributed by atoms with van der Waals surface area (Å²) >= 11 is 5.54. The molecule has 0 aromatic carbocycles. The van der Waals surface area contributed by atoms with Gasteiger partial charge in [-0.05, 0) is 6.07 Å². The van der Waals surface area contributed by atoms with Gasteiger partial charge in [-0.3, -0.25) is 9.69 Å². The second kappa shape index (κ2) is 4.45. The van der Waals surface area contributed by atoms with Crippen LogP contribution in [0.3, 0.4) is 0 Å². The first-order chi connectivity index (χ1) is 8.29. The summed E-state index contributed by atoms with van der Waals surface area (Å²) in [6.45, 7) is -0.205. The molecule has 0 spiro atoms. The Kier molecular flexibility index (Phi) is 3.26. The van der Waals surface area contributed by atoms with Crippen LogP contribution in [0, 0.1) is 5.82 Å². The highest BCUT2D eigenvalue weighted by molar-refractivity contribution is 7.89. The number of carbonyl (C=O) groups is 1. The zero-order valence-electron chi connectivity index (χ0n) is 9.01. The summed E-state index contributed by atoms with van der Waals surface area (Å²) in [6, 6.07) is 1.00. The Hall–Kier alpha value is -1.25.